The molecule has 6 nitrogen and oxygen atoms in total. The van der Waals surface area contributed by atoms with E-state index in [1.54, 1.807) is 36.5 Å². The third kappa shape index (κ3) is 5.62. The third-order valence-corrected chi connectivity index (χ3v) is 7.27. The predicted octanol–water partition coefficient (Wildman–Crippen LogP) is 3.16. The molecule has 1 amide bonds. The van der Waals surface area contributed by atoms with Crippen LogP contribution in [0.3, 0.4) is 0 Å². The van der Waals surface area contributed by atoms with Gasteiger partial charge in [0.15, 0.2) is 0 Å². The number of carbonyl (C=O) groups excluding carboxylic acids is 1. The average molecular weight is 410 g/mol. The van der Waals surface area contributed by atoms with Gasteiger partial charge in [0.05, 0.1) is 11.4 Å². The number of sulfonamides is 1. The molecule has 0 unspecified atom stereocenters. The van der Waals surface area contributed by atoms with E-state index in [-0.39, 0.29) is 17.3 Å². The fourth-order valence-corrected chi connectivity index (χ4v) is 5.32. The second kappa shape index (κ2) is 9.45. The molecule has 2 rings (SSSR count). The quantitative estimate of drug-likeness (QED) is 0.691. The molecule has 2 aromatic rings. The molecule has 1 aromatic heterocycles. The van der Waals surface area contributed by atoms with Gasteiger partial charge in [-0.3, -0.25) is 9.69 Å². The first kappa shape index (κ1) is 21.6. The molecule has 0 radical (unpaired) electrons. The van der Waals surface area contributed by atoms with Crippen LogP contribution >= 0.6 is 11.3 Å². The lowest BCUT2D eigenvalue weighted by molar-refractivity contribution is -0.117. The molecule has 8 heteroatoms. The van der Waals surface area contributed by atoms with Crippen LogP contribution in [0.4, 0.5) is 5.69 Å². The summed E-state index contributed by atoms with van der Waals surface area (Å²) < 4.78 is 27.0. The van der Waals surface area contributed by atoms with E-state index in [9.17, 15) is 13.2 Å². The smallest absolute Gasteiger partial charge is 0.243 e. The monoisotopic (exact) mass is 409 g/mol. The van der Waals surface area contributed by atoms with E-state index in [0.717, 1.165) is 0 Å². The van der Waals surface area contributed by atoms with Gasteiger partial charge >= 0.3 is 0 Å². The molecule has 0 aliphatic carbocycles. The fourth-order valence-electron chi connectivity index (χ4n) is 2.83. The van der Waals surface area contributed by atoms with Crippen molar-refractivity contribution in [3.8, 4) is 0 Å². The van der Waals surface area contributed by atoms with Crippen LogP contribution < -0.4 is 5.32 Å². The van der Waals surface area contributed by atoms with Crippen molar-refractivity contribution in [1.82, 2.24) is 9.21 Å². The molecule has 0 saturated heterocycles. The second-order valence-corrected chi connectivity index (χ2v) is 9.31. The standard InChI is InChI=1S/C19H27N3O3S2/c1-5-22(6-2)27(24,25)18-12-16(10-9-15(18)3)20-19(23)14-21(4)13-17-8-7-11-26-17/h7-12H,5-6,13-14H2,1-4H3,(H,20,23). The average Bonchev–Trinajstić information content (AvgIpc) is 3.09. The maximum absolute atomic E-state index is 12.8. The predicted molar refractivity (Wildman–Crippen MR) is 111 cm³/mol. The summed E-state index contributed by atoms with van der Waals surface area (Å²) in [4.78, 5) is 15.7. The number of benzene rings is 1. The minimum Gasteiger partial charge on any atom is -0.325 e. The van der Waals surface area contributed by atoms with Crippen LogP contribution in [0.2, 0.25) is 0 Å². The summed E-state index contributed by atoms with van der Waals surface area (Å²) in [6.07, 6.45) is 0. The summed E-state index contributed by atoms with van der Waals surface area (Å²) in [6.45, 7) is 7.11. The van der Waals surface area contributed by atoms with Gasteiger partial charge in [0.25, 0.3) is 0 Å². The number of nitrogens with one attached hydrogen (secondary N) is 1. The first-order chi connectivity index (χ1) is 12.8. The van der Waals surface area contributed by atoms with Crippen LogP contribution in [0.15, 0.2) is 40.6 Å². The number of amides is 1. The summed E-state index contributed by atoms with van der Waals surface area (Å²) in [5, 5.41) is 4.81. The minimum absolute atomic E-state index is 0.177. The highest BCUT2D eigenvalue weighted by Crippen LogP contribution is 2.23. The van der Waals surface area contributed by atoms with Crippen molar-refractivity contribution in [3.63, 3.8) is 0 Å². The number of aryl methyl sites for hydroxylation is 1. The van der Waals surface area contributed by atoms with Crippen LogP contribution in [0, 0.1) is 6.92 Å². The number of hydrogen-bond acceptors (Lipinski definition) is 5. The number of carbonyl (C=O) groups is 1. The van der Waals surface area contributed by atoms with Crippen LogP contribution in [-0.4, -0.2) is 50.2 Å². The molecule has 0 aliphatic rings. The van der Waals surface area contributed by atoms with Gasteiger partial charge in [-0.1, -0.05) is 26.0 Å². The molecule has 0 spiro atoms. The Kier molecular flexibility index (Phi) is 7.55. The Morgan fingerprint density at radius 1 is 1.19 bits per heavy atom. The Bertz CT molecular complexity index is 860. The summed E-state index contributed by atoms with van der Waals surface area (Å²) in [5.74, 6) is -0.177. The molecule has 27 heavy (non-hydrogen) atoms. The van der Waals surface area contributed by atoms with Crippen LogP contribution in [0.25, 0.3) is 0 Å². The van der Waals surface area contributed by atoms with E-state index in [1.807, 2.05) is 43.3 Å². The van der Waals surface area contributed by atoms with E-state index in [4.69, 9.17) is 0 Å². The van der Waals surface area contributed by atoms with Crippen LogP contribution in [0.5, 0.6) is 0 Å². The molecule has 1 aromatic carbocycles. The molecular weight excluding hydrogens is 382 g/mol. The fraction of sp³-hybridized carbons (Fsp3) is 0.421. The van der Waals surface area contributed by atoms with Crippen LogP contribution in [0.1, 0.15) is 24.3 Å². The highest BCUT2D eigenvalue weighted by molar-refractivity contribution is 7.89. The summed E-state index contributed by atoms with van der Waals surface area (Å²) in [5.41, 5.74) is 1.15. The van der Waals surface area contributed by atoms with E-state index >= 15 is 0 Å². The van der Waals surface area contributed by atoms with Gasteiger partial charge in [-0.15, -0.1) is 11.3 Å². The van der Waals surface area contributed by atoms with Gasteiger partial charge in [-0.05, 0) is 43.1 Å². The molecule has 148 valence electrons. The zero-order valence-electron chi connectivity index (χ0n) is 16.2. The van der Waals surface area contributed by atoms with Crippen molar-refractivity contribution in [2.24, 2.45) is 0 Å². The number of nitrogens with zero attached hydrogens (tertiary/aromatic N) is 2. The Labute approximate surface area is 165 Å². The van der Waals surface area contributed by atoms with Gasteiger partial charge in [0.2, 0.25) is 15.9 Å². The Hall–Kier alpha value is -1.74. The maximum Gasteiger partial charge on any atom is 0.243 e. The largest absolute Gasteiger partial charge is 0.325 e. The first-order valence-corrected chi connectivity index (χ1v) is 11.2. The Balaban J connectivity index is 2.10. The molecule has 0 atom stereocenters. The van der Waals surface area contributed by atoms with Gasteiger partial charge in [-0.2, -0.15) is 4.31 Å². The zero-order valence-corrected chi connectivity index (χ0v) is 17.9. The van der Waals surface area contributed by atoms with Gasteiger partial charge in [0.1, 0.15) is 0 Å². The maximum atomic E-state index is 12.8. The van der Waals surface area contributed by atoms with Crippen molar-refractivity contribution in [2.45, 2.75) is 32.2 Å². The highest BCUT2D eigenvalue weighted by Gasteiger charge is 2.24. The van der Waals surface area contributed by atoms with Gasteiger partial charge in [-0.25, -0.2) is 8.42 Å². The van der Waals surface area contributed by atoms with Gasteiger partial charge in [0, 0.05) is 30.2 Å². The number of thiophene rings is 1. The molecule has 1 heterocycles. The topological polar surface area (TPSA) is 69.7 Å². The summed E-state index contributed by atoms with van der Waals surface area (Å²) in [7, 11) is -1.69. The molecule has 0 aliphatic heterocycles. The van der Waals surface area contributed by atoms with E-state index in [1.165, 1.54) is 9.18 Å². The lowest BCUT2D eigenvalue weighted by Gasteiger charge is -2.20. The lowest BCUT2D eigenvalue weighted by Crippen LogP contribution is -2.31. The van der Waals surface area contributed by atoms with Crippen LogP contribution in [-0.2, 0) is 21.4 Å². The Morgan fingerprint density at radius 2 is 1.89 bits per heavy atom. The number of anilines is 1. The molecule has 0 fully saturated rings. The van der Waals surface area contributed by atoms with E-state index in [0.29, 0.717) is 30.9 Å². The van der Waals surface area contributed by atoms with Crippen molar-refractivity contribution >= 4 is 33.0 Å². The van der Waals surface area contributed by atoms with E-state index in [2.05, 4.69) is 5.32 Å². The molecule has 1 N–H and O–H groups in total. The number of likely N-dealkylation sites (N-methyl/N-ethyl adjacent to an activating group) is 1. The second-order valence-electron chi connectivity index (χ2n) is 6.37. The highest BCUT2D eigenvalue weighted by atomic mass is 32.2. The van der Waals surface area contributed by atoms with Crippen molar-refractivity contribution in [1.29, 1.82) is 0 Å². The zero-order chi connectivity index (χ0) is 20.0. The van der Waals surface area contributed by atoms with Crippen molar-refractivity contribution in [2.75, 3.05) is 32.0 Å². The molecule has 0 bridgehead atoms. The first-order valence-electron chi connectivity index (χ1n) is 8.89. The number of rotatable bonds is 9. The minimum atomic E-state index is -3.57. The van der Waals surface area contributed by atoms with E-state index < -0.39 is 10.0 Å². The third-order valence-electron chi connectivity index (χ3n) is 4.21. The molecular formula is C19H27N3O3S2. The SMILES string of the molecule is CCN(CC)S(=O)(=O)c1cc(NC(=O)CN(C)Cc2cccs2)ccc1C. The summed E-state index contributed by atoms with van der Waals surface area (Å²) in [6, 6.07) is 9.01. The number of hydrogen-bond donors (Lipinski definition) is 1. The van der Waals surface area contributed by atoms with Gasteiger partial charge < -0.3 is 5.32 Å². The normalized spacial score (nSPS) is 11.9. The Morgan fingerprint density at radius 3 is 2.48 bits per heavy atom. The lowest BCUT2D eigenvalue weighted by atomic mass is 10.2. The summed E-state index contributed by atoms with van der Waals surface area (Å²) >= 11 is 1.65. The van der Waals surface area contributed by atoms with Crippen molar-refractivity contribution < 1.29 is 13.2 Å². The molecule has 0 saturated carbocycles. The van der Waals surface area contributed by atoms with Crippen molar-refractivity contribution in [3.05, 3.63) is 46.2 Å².